The van der Waals surface area contributed by atoms with Gasteiger partial charge in [0.25, 0.3) is 5.91 Å². The van der Waals surface area contributed by atoms with Crippen LogP contribution in [0.1, 0.15) is 36.0 Å². The normalized spacial score (nSPS) is 19.0. The number of anilines is 2. The summed E-state index contributed by atoms with van der Waals surface area (Å²) < 4.78 is 33.0. The summed E-state index contributed by atoms with van der Waals surface area (Å²) in [6.45, 7) is 1.51. The van der Waals surface area contributed by atoms with Gasteiger partial charge in [-0.05, 0) is 55.7 Å². The third-order valence-corrected chi connectivity index (χ3v) is 6.91. The van der Waals surface area contributed by atoms with Gasteiger partial charge in [-0.3, -0.25) is 9.59 Å². The molecular weight excluding hydrogens is 418 g/mol. The highest BCUT2D eigenvalue weighted by molar-refractivity contribution is 7.89. The van der Waals surface area contributed by atoms with Gasteiger partial charge in [-0.15, -0.1) is 0 Å². The number of amides is 2. The first-order chi connectivity index (χ1) is 14.9. The first kappa shape index (κ1) is 21.5. The van der Waals surface area contributed by atoms with Crippen LogP contribution in [0.3, 0.4) is 0 Å². The number of benzene rings is 2. The van der Waals surface area contributed by atoms with Crippen LogP contribution >= 0.6 is 0 Å². The first-order valence-corrected chi connectivity index (χ1v) is 11.8. The summed E-state index contributed by atoms with van der Waals surface area (Å²) in [6, 6.07) is 12.9. The van der Waals surface area contributed by atoms with E-state index >= 15 is 0 Å². The summed E-state index contributed by atoms with van der Waals surface area (Å²) in [4.78, 5) is 26.6. The molecule has 2 aliphatic rings. The second-order valence-corrected chi connectivity index (χ2v) is 9.40. The molecule has 0 bridgehead atoms. The molecule has 2 aromatic carbocycles. The molecule has 4 rings (SSSR count). The van der Waals surface area contributed by atoms with Crippen LogP contribution in [0.25, 0.3) is 0 Å². The molecule has 1 atom stereocenters. The molecular formula is C22H25N3O5S. The third-order valence-electron chi connectivity index (χ3n) is 5.47. The summed E-state index contributed by atoms with van der Waals surface area (Å²) >= 11 is 0. The highest BCUT2D eigenvalue weighted by Crippen LogP contribution is 2.29. The average Bonchev–Trinajstić information content (AvgIpc) is 3.44. The molecule has 31 heavy (non-hydrogen) atoms. The van der Waals surface area contributed by atoms with Gasteiger partial charge < -0.3 is 15.0 Å². The first-order valence-electron chi connectivity index (χ1n) is 10.4. The fourth-order valence-corrected chi connectivity index (χ4v) is 4.86. The lowest BCUT2D eigenvalue weighted by molar-refractivity contribution is -0.117. The molecule has 2 heterocycles. The van der Waals surface area contributed by atoms with E-state index in [0.29, 0.717) is 36.5 Å². The lowest BCUT2D eigenvalue weighted by atomic mass is 10.2. The smallest absolute Gasteiger partial charge is 0.255 e. The van der Waals surface area contributed by atoms with E-state index in [-0.39, 0.29) is 29.4 Å². The summed E-state index contributed by atoms with van der Waals surface area (Å²) in [6.07, 6.45) is 2.97. The Bertz CT molecular complexity index is 1060. The molecule has 0 unspecified atom stereocenters. The summed E-state index contributed by atoms with van der Waals surface area (Å²) in [7, 11) is -3.68. The van der Waals surface area contributed by atoms with Gasteiger partial charge in [0.15, 0.2) is 0 Å². The van der Waals surface area contributed by atoms with Crippen LogP contribution in [-0.4, -0.2) is 46.0 Å². The Labute approximate surface area is 181 Å². The number of ether oxygens (including phenoxy) is 1. The lowest BCUT2D eigenvalue weighted by Gasteiger charge is -2.20. The maximum Gasteiger partial charge on any atom is 0.255 e. The zero-order valence-corrected chi connectivity index (χ0v) is 17.9. The summed E-state index contributed by atoms with van der Waals surface area (Å²) in [5.41, 5.74) is 1.52. The Balaban J connectivity index is 1.44. The molecule has 0 aliphatic carbocycles. The molecule has 2 aromatic rings. The Kier molecular flexibility index (Phi) is 6.35. The van der Waals surface area contributed by atoms with Crippen LogP contribution in [0.15, 0.2) is 53.4 Å². The molecule has 9 heteroatoms. The quantitative estimate of drug-likeness (QED) is 0.684. The van der Waals surface area contributed by atoms with Crippen molar-refractivity contribution >= 4 is 33.2 Å². The van der Waals surface area contributed by atoms with E-state index < -0.39 is 10.0 Å². The van der Waals surface area contributed by atoms with Crippen LogP contribution in [0, 0.1) is 0 Å². The van der Waals surface area contributed by atoms with Gasteiger partial charge in [0.05, 0.1) is 22.4 Å². The van der Waals surface area contributed by atoms with Crippen LogP contribution < -0.4 is 14.9 Å². The van der Waals surface area contributed by atoms with Crippen molar-refractivity contribution in [1.29, 1.82) is 0 Å². The molecule has 2 saturated heterocycles. The highest BCUT2D eigenvalue weighted by Gasteiger charge is 2.24. The second-order valence-electron chi connectivity index (χ2n) is 7.63. The van der Waals surface area contributed by atoms with Gasteiger partial charge >= 0.3 is 0 Å². The zero-order chi connectivity index (χ0) is 21.8. The molecule has 2 aliphatic heterocycles. The zero-order valence-electron chi connectivity index (χ0n) is 17.0. The van der Waals surface area contributed by atoms with E-state index in [1.54, 1.807) is 23.1 Å². The van der Waals surface area contributed by atoms with Crippen molar-refractivity contribution in [2.45, 2.75) is 36.7 Å². The summed E-state index contributed by atoms with van der Waals surface area (Å²) in [5.74, 6) is -0.345. The van der Waals surface area contributed by atoms with Crippen molar-refractivity contribution in [3.8, 4) is 0 Å². The van der Waals surface area contributed by atoms with Crippen molar-refractivity contribution in [3.05, 3.63) is 54.1 Å². The highest BCUT2D eigenvalue weighted by atomic mass is 32.2. The predicted molar refractivity (Wildman–Crippen MR) is 117 cm³/mol. The van der Waals surface area contributed by atoms with Crippen LogP contribution in [0.5, 0.6) is 0 Å². The molecule has 164 valence electrons. The topological polar surface area (TPSA) is 105 Å². The number of sulfonamides is 1. The molecule has 2 amide bonds. The van der Waals surface area contributed by atoms with Gasteiger partial charge in [0.1, 0.15) is 0 Å². The molecule has 0 radical (unpaired) electrons. The fraction of sp³-hybridized carbons (Fsp3) is 0.364. The SMILES string of the molecule is O=C(Nc1ccccc1N1CCCC1=O)c1ccc(S(=O)(=O)NC[C@@H]2CCCO2)cc1. The van der Waals surface area contributed by atoms with Gasteiger partial charge in [-0.2, -0.15) is 0 Å². The molecule has 2 fully saturated rings. The second kappa shape index (κ2) is 9.17. The number of nitrogens with zero attached hydrogens (tertiary/aromatic N) is 1. The number of rotatable bonds is 7. The number of hydrogen-bond donors (Lipinski definition) is 2. The van der Waals surface area contributed by atoms with Crippen molar-refractivity contribution in [2.75, 3.05) is 29.9 Å². The fourth-order valence-electron chi connectivity index (χ4n) is 3.79. The number of carbonyl (C=O) groups excluding carboxylic acids is 2. The Morgan fingerprint density at radius 3 is 2.55 bits per heavy atom. The number of carbonyl (C=O) groups is 2. The van der Waals surface area contributed by atoms with Gasteiger partial charge in [0, 0.05) is 31.7 Å². The van der Waals surface area contributed by atoms with E-state index in [9.17, 15) is 18.0 Å². The van der Waals surface area contributed by atoms with Crippen molar-refractivity contribution in [2.24, 2.45) is 0 Å². The van der Waals surface area contributed by atoms with Crippen molar-refractivity contribution in [3.63, 3.8) is 0 Å². The summed E-state index contributed by atoms with van der Waals surface area (Å²) in [5, 5.41) is 2.83. The number of hydrogen-bond acceptors (Lipinski definition) is 5. The minimum absolute atomic E-state index is 0.0340. The van der Waals surface area contributed by atoms with Crippen molar-refractivity contribution < 1.29 is 22.7 Å². The van der Waals surface area contributed by atoms with E-state index in [2.05, 4.69) is 10.0 Å². The standard InChI is InChI=1S/C22H25N3O5S/c26-21-8-3-13-25(21)20-7-2-1-6-19(20)24-22(27)16-9-11-18(12-10-16)31(28,29)23-15-17-5-4-14-30-17/h1-2,6-7,9-12,17,23H,3-5,8,13-15H2,(H,24,27)/t17-/m0/s1. The largest absolute Gasteiger partial charge is 0.377 e. The van der Waals surface area contributed by atoms with Gasteiger partial charge in [-0.1, -0.05) is 12.1 Å². The van der Waals surface area contributed by atoms with Crippen LogP contribution in [0.4, 0.5) is 11.4 Å². The maximum atomic E-state index is 12.7. The van der Waals surface area contributed by atoms with Gasteiger partial charge in [0.2, 0.25) is 15.9 Å². The Hall–Kier alpha value is -2.75. The van der Waals surface area contributed by atoms with E-state index in [4.69, 9.17) is 4.74 Å². The van der Waals surface area contributed by atoms with E-state index in [1.807, 2.05) is 6.07 Å². The molecule has 0 saturated carbocycles. The molecule has 2 N–H and O–H groups in total. The Morgan fingerprint density at radius 1 is 1.10 bits per heavy atom. The van der Waals surface area contributed by atoms with E-state index in [0.717, 1.165) is 19.3 Å². The van der Waals surface area contributed by atoms with Gasteiger partial charge in [-0.25, -0.2) is 13.1 Å². The van der Waals surface area contributed by atoms with Crippen LogP contribution in [-0.2, 0) is 19.6 Å². The number of para-hydroxylation sites is 2. The van der Waals surface area contributed by atoms with Crippen molar-refractivity contribution in [1.82, 2.24) is 4.72 Å². The van der Waals surface area contributed by atoms with E-state index in [1.165, 1.54) is 24.3 Å². The predicted octanol–water partition coefficient (Wildman–Crippen LogP) is 2.52. The maximum absolute atomic E-state index is 12.7. The molecule has 8 nitrogen and oxygen atoms in total. The van der Waals surface area contributed by atoms with Crippen LogP contribution in [0.2, 0.25) is 0 Å². The third kappa shape index (κ3) is 4.95. The number of nitrogens with one attached hydrogen (secondary N) is 2. The average molecular weight is 444 g/mol. The minimum atomic E-state index is -3.68. The molecule has 0 spiro atoms. The molecule has 0 aromatic heterocycles. The minimum Gasteiger partial charge on any atom is -0.377 e. The monoisotopic (exact) mass is 443 g/mol. The Morgan fingerprint density at radius 2 is 1.87 bits per heavy atom. The lowest BCUT2D eigenvalue weighted by Crippen LogP contribution is -2.31.